The van der Waals surface area contributed by atoms with Gasteiger partial charge in [-0.15, -0.1) is 23.1 Å². The highest BCUT2D eigenvalue weighted by Gasteiger charge is 2.35. The van der Waals surface area contributed by atoms with Crippen LogP contribution in [0.25, 0.3) is 21.9 Å². The molecule has 4 heteroatoms. The molecule has 0 bridgehead atoms. The number of aryl methyl sites for hydroxylation is 1. The second-order valence-electron chi connectivity index (χ2n) is 7.24. The van der Waals surface area contributed by atoms with Gasteiger partial charge >= 0.3 is 5.97 Å². The van der Waals surface area contributed by atoms with Gasteiger partial charge in [-0.25, -0.2) is 0 Å². The van der Waals surface area contributed by atoms with E-state index >= 15 is 0 Å². The Morgan fingerprint density at radius 3 is 2.68 bits per heavy atom. The van der Waals surface area contributed by atoms with E-state index in [1.807, 2.05) is 18.7 Å². The molecule has 3 aromatic rings. The zero-order valence-electron chi connectivity index (χ0n) is 16.4. The van der Waals surface area contributed by atoms with Crippen molar-refractivity contribution in [3.63, 3.8) is 0 Å². The second kappa shape index (κ2) is 8.71. The zero-order valence-corrected chi connectivity index (χ0v) is 18.1. The number of hydrogen-bond donors (Lipinski definition) is 0. The Bertz CT molecular complexity index is 976. The minimum atomic E-state index is -0.0200. The van der Waals surface area contributed by atoms with Crippen LogP contribution in [0.2, 0.25) is 0 Å². The largest absolute Gasteiger partial charge is 0.466 e. The van der Waals surface area contributed by atoms with Gasteiger partial charge in [0, 0.05) is 10.8 Å². The lowest BCUT2D eigenvalue weighted by molar-refractivity contribution is -0.147. The molecule has 0 spiro atoms. The van der Waals surface area contributed by atoms with Crippen molar-refractivity contribution < 1.29 is 9.53 Å². The average molecular weight is 411 g/mol. The Labute approximate surface area is 175 Å². The first-order valence-electron chi connectivity index (χ1n) is 10.1. The topological polar surface area (TPSA) is 26.3 Å². The van der Waals surface area contributed by atoms with Gasteiger partial charge in [-0.3, -0.25) is 4.79 Å². The van der Waals surface area contributed by atoms with Crippen LogP contribution in [0.4, 0.5) is 0 Å². The predicted molar refractivity (Wildman–Crippen MR) is 120 cm³/mol. The van der Waals surface area contributed by atoms with Gasteiger partial charge in [0.15, 0.2) is 0 Å². The molecule has 0 radical (unpaired) electrons. The van der Waals surface area contributed by atoms with Crippen LogP contribution in [0.3, 0.4) is 0 Å². The van der Waals surface area contributed by atoms with Gasteiger partial charge in [-0.1, -0.05) is 49.7 Å². The highest BCUT2D eigenvalue weighted by Crippen LogP contribution is 2.46. The van der Waals surface area contributed by atoms with Crippen LogP contribution in [-0.2, 0) is 16.0 Å². The molecule has 2 atom stereocenters. The highest BCUT2D eigenvalue weighted by molar-refractivity contribution is 8.01. The molecule has 0 aliphatic heterocycles. The maximum absolute atomic E-state index is 12.4. The summed E-state index contributed by atoms with van der Waals surface area (Å²) in [7, 11) is 0. The SMILES string of the molecule is CCOC(=O)C1CCCC1Sc1sccc1-c1ccc(CC)c2ccccc12. The average Bonchev–Trinajstić information content (AvgIpc) is 3.37. The van der Waals surface area contributed by atoms with Crippen LogP contribution >= 0.6 is 23.1 Å². The molecule has 0 saturated heterocycles. The van der Waals surface area contributed by atoms with Gasteiger partial charge in [-0.05, 0) is 59.5 Å². The number of thiophene rings is 1. The lowest BCUT2D eigenvalue weighted by Crippen LogP contribution is -2.23. The minimum Gasteiger partial charge on any atom is -0.466 e. The predicted octanol–water partition coefficient (Wildman–Crippen LogP) is 6.95. The van der Waals surface area contributed by atoms with Crippen LogP contribution in [0.1, 0.15) is 38.7 Å². The molecule has 2 nitrogen and oxygen atoms in total. The van der Waals surface area contributed by atoms with E-state index in [-0.39, 0.29) is 11.9 Å². The van der Waals surface area contributed by atoms with E-state index in [0.29, 0.717) is 11.9 Å². The summed E-state index contributed by atoms with van der Waals surface area (Å²) in [5, 5.41) is 5.15. The molecule has 1 aromatic heterocycles. The van der Waals surface area contributed by atoms with Crippen LogP contribution in [-0.4, -0.2) is 17.8 Å². The molecule has 146 valence electrons. The third-order valence-corrected chi connectivity index (χ3v) is 8.20. The van der Waals surface area contributed by atoms with Crippen molar-refractivity contribution in [2.24, 2.45) is 5.92 Å². The van der Waals surface area contributed by atoms with Crippen molar-refractivity contribution in [1.29, 1.82) is 0 Å². The maximum atomic E-state index is 12.4. The summed E-state index contributed by atoms with van der Waals surface area (Å²) in [6.45, 7) is 4.56. The lowest BCUT2D eigenvalue weighted by Gasteiger charge is -2.18. The molecular weight excluding hydrogens is 384 g/mol. The summed E-state index contributed by atoms with van der Waals surface area (Å²) in [6, 6.07) is 15.5. The monoisotopic (exact) mass is 410 g/mol. The van der Waals surface area contributed by atoms with Crippen LogP contribution in [0.15, 0.2) is 52.1 Å². The van der Waals surface area contributed by atoms with Crippen LogP contribution < -0.4 is 0 Å². The van der Waals surface area contributed by atoms with Crippen molar-refractivity contribution >= 4 is 39.8 Å². The Morgan fingerprint density at radius 2 is 1.89 bits per heavy atom. The molecule has 1 saturated carbocycles. The quantitative estimate of drug-likeness (QED) is 0.411. The number of carbonyl (C=O) groups is 1. The van der Waals surface area contributed by atoms with Gasteiger partial charge in [0.2, 0.25) is 0 Å². The standard InChI is InChI=1S/C24H26O2S2/c1-3-16-12-13-19(18-9-6-5-8-17(16)18)20-14-15-27-24(20)28-22-11-7-10-21(22)23(25)26-4-2/h5-6,8-9,12-15,21-22H,3-4,7,10-11H2,1-2H3. The Balaban J connectivity index is 1.67. The summed E-state index contributed by atoms with van der Waals surface area (Å²) in [5.74, 6) is 0.00691. The molecule has 2 unspecified atom stereocenters. The van der Waals surface area contributed by atoms with Gasteiger partial charge in [0.05, 0.1) is 16.7 Å². The molecule has 0 N–H and O–H groups in total. The van der Waals surface area contributed by atoms with Gasteiger partial charge in [0.1, 0.15) is 0 Å². The summed E-state index contributed by atoms with van der Waals surface area (Å²) < 4.78 is 6.64. The van der Waals surface area contributed by atoms with Crippen LogP contribution in [0.5, 0.6) is 0 Å². The van der Waals surface area contributed by atoms with Crippen molar-refractivity contribution in [2.75, 3.05) is 6.61 Å². The fourth-order valence-corrected chi connectivity index (χ4v) is 6.88. The van der Waals surface area contributed by atoms with Gasteiger partial charge < -0.3 is 4.74 Å². The van der Waals surface area contributed by atoms with E-state index in [2.05, 4.69) is 54.8 Å². The van der Waals surface area contributed by atoms with E-state index < -0.39 is 0 Å². The maximum Gasteiger partial charge on any atom is 0.310 e. The number of thioether (sulfide) groups is 1. The molecule has 1 heterocycles. The van der Waals surface area contributed by atoms with Crippen molar-refractivity contribution in [1.82, 2.24) is 0 Å². The highest BCUT2D eigenvalue weighted by atomic mass is 32.2. The first kappa shape index (κ1) is 19.5. The summed E-state index contributed by atoms with van der Waals surface area (Å²) in [5.41, 5.74) is 3.98. The zero-order chi connectivity index (χ0) is 19.5. The number of hydrogen-bond acceptors (Lipinski definition) is 4. The number of carbonyl (C=O) groups excluding carboxylic acids is 1. The molecule has 1 aliphatic carbocycles. The second-order valence-corrected chi connectivity index (χ2v) is 9.66. The van der Waals surface area contributed by atoms with Crippen molar-refractivity contribution in [3.8, 4) is 11.1 Å². The van der Waals surface area contributed by atoms with Gasteiger partial charge in [-0.2, -0.15) is 0 Å². The number of ether oxygens (including phenoxy) is 1. The first-order valence-corrected chi connectivity index (χ1v) is 11.9. The van der Waals surface area contributed by atoms with E-state index in [1.54, 1.807) is 11.3 Å². The number of rotatable bonds is 6. The number of esters is 1. The molecule has 0 amide bonds. The Morgan fingerprint density at radius 1 is 1.07 bits per heavy atom. The third-order valence-electron chi connectivity index (χ3n) is 5.62. The molecule has 4 rings (SSSR count). The van der Waals surface area contributed by atoms with E-state index in [9.17, 15) is 4.79 Å². The summed E-state index contributed by atoms with van der Waals surface area (Å²) in [6.07, 6.45) is 4.18. The van der Waals surface area contributed by atoms with Crippen LogP contribution in [0, 0.1) is 5.92 Å². The smallest absolute Gasteiger partial charge is 0.310 e. The molecular formula is C24H26O2S2. The molecule has 2 aromatic carbocycles. The minimum absolute atomic E-state index is 0.0200. The molecule has 1 aliphatic rings. The summed E-state index contributed by atoms with van der Waals surface area (Å²) in [4.78, 5) is 12.4. The Hall–Kier alpha value is -1.78. The molecule has 28 heavy (non-hydrogen) atoms. The fourth-order valence-electron chi connectivity index (χ4n) is 4.21. The molecule has 1 fully saturated rings. The lowest BCUT2D eigenvalue weighted by atomic mass is 9.95. The number of fused-ring (bicyclic) bond motifs is 1. The van der Waals surface area contributed by atoms with Gasteiger partial charge in [0.25, 0.3) is 0 Å². The van der Waals surface area contributed by atoms with Crippen molar-refractivity contribution in [3.05, 3.63) is 53.4 Å². The normalized spacial score (nSPS) is 19.2. The summed E-state index contributed by atoms with van der Waals surface area (Å²) >= 11 is 3.67. The van der Waals surface area contributed by atoms with E-state index in [1.165, 1.54) is 31.7 Å². The van der Waals surface area contributed by atoms with E-state index in [4.69, 9.17) is 4.74 Å². The fraction of sp³-hybridized carbons (Fsp3) is 0.375. The van der Waals surface area contributed by atoms with E-state index in [0.717, 1.165) is 25.7 Å². The third kappa shape index (κ3) is 3.72. The Kier molecular flexibility index (Phi) is 6.07. The number of benzene rings is 2. The van der Waals surface area contributed by atoms with Crippen molar-refractivity contribution in [2.45, 2.75) is 49.0 Å². The first-order chi connectivity index (χ1) is 13.7.